The van der Waals surface area contributed by atoms with E-state index in [2.05, 4.69) is 22.1 Å². The zero-order chi connectivity index (χ0) is 16.5. The van der Waals surface area contributed by atoms with Gasteiger partial charge < -0.3 is 20.4 Å². The van der Waals surface area contributed by atoms with Gasteiger partial charge in [-0.2, -0.15) is 0 Å². The van der Waals surface area contributed by atoms with Crippen LogP contribution in [-0.4, -0.2) is 61.0 Å². The molecule has 0 aromatic heterocycles. The molecule has 0 atom stereocenters. The van der Waals surface area contributed by atoms with Gasteiger partial charge in [-0.05, 0) is 18.9 Å². The van der Waals surface area contributed by atoms with Crippen molar-refractivity contribution in [2.24, 2.45) is 0 Å². The van der Waals surface area contributed by atoms with E-state index in [1.807, 2.05) is 13.8 Å². The van der Waals surface area contributed by atoms with Gasteiger partial charge in [-0.25, -0.2) is 4.79 Å². The molecule has 1 fully saturated rings. The van der Waals surface area contributed by atoms with E-state index in [4.69, 9.17) is 0 Å². The monoisotopic (exact) mass is 308 g/mol. The van der Waals surface area contributed by atoms with Gasteiger partial charge in [-0.3, -0.25) is 4.79 Å². The van der Waals surface area contributed by atoms with Gasteiger partial charge in [0.1, 0.15) is 0 Å². The molecular weight excluding hydrogens is 280 g/mol. The first-order chi connectivity index (χ1) is 10.6. The Labute approximate surface area is 133 Å². The maximum Gasteiger partial charge on any atom is 0.314 e. The molecule has 0 saturated carbocycles. The summed E-state index contributed by atoms with van der Waals surface area (Å²) in [5.41, 5.74) is 0.770. The first-order valence-electron chi connectivity index (χ1n) is 7.99. The van der Waals surface area contributed by atoms with Crippen LogP contribution in [0.1, 0.15) is 26.7 Å². The Balaban J connectivity index is 0.00000116. The fourth-order valence-corrected chi connectivity index (χ4v) is 2.54. The van der Waals surface area contributed by atoms with Crippen molar-refractivity contribution in [3.8, 4) is 0 Å². The molecule has 124 valence electrons. The summed E-state index contributed by atoms with van der Waals surface area (Å²) in [4.78, 5) is 26.8. The van der Waals surface area contributed by atoms with Gasteiger partial charge >= 0.3 is 6.03 Å². The maximum atomic E-state index is 11.6. The van der Waals surface area contributed by atoms with Gasteiger partial charge in [0.05, 0.1) is 0 Å². The quantitative estimate of drug-likeness (QED) is 0.823. The van der Waals surface area contributed by atoms with Crippen LogP contribution in [0.2, 0.25) is 0 Å². The lowest BCUT2D eigenvalue weighted by Gasteiger charge is -2.33. The molecule has 0 bridgehead atoms. The number of piperidine rings is 1. The fraction of sp³-hybridized carbons (Fsp3) is 0.625. The van der Waals surface area contributed by atoms with Crippen molar-refractivity contribution in [3.05, 3.63) is 24.4 Å². The van der Waals surface area contributed by atoms with Gasteiger partial charge in [0.25, 0.3) is 5.91 Å². The highest BCUT2D eigenvalue weighted by molar-refractivity contribution is 5.92. The fourth-order valence-electron chi connectivity index (χ4n) is 2.54. The predicted octanol–water partition coefficient (Wildman–Crippen LogP) is 1.32. The Morgan fingerprint density at radius 3 is 2.41 bits per heavy atom. The summed E-state index contributed by atoms with van der Waals surface area (Å²) in [5.74, 6) is 0.0196. The summed E-state index contributed by atoms with van der Waals surface area (Å²) in [6.45, 7) is 11.3. The van der Waals surface area contributed by atoms with Crippen molar-refractivity contribution in [2.45, 2.75) is 32.7 Å². The Morgan fingerprint density at radius 2 is 1.91 bits per heavy atom. The van der Waals surface area contributed by atoms with Crippen molar-refractivity contribution in [1.29, 1.82) is 0 Å². The molecule has 6 heteroatoms. The van der Waals surface area contributed by atoms with Crippen LogP contribution >= 0.6 is 0 Å². The van der Waals surface area contributed by atoms with Crippen molar-refractivity contribution in [2.75, 3.05) is 33.2 Å². The minimum Gasteiger partial charge on any atom is -0.341 e. The number of urea groups is 1. The summed E-state index contributed by atoms with van der Waals surface area (Å²) < 4.78 is 0. The van der Waals surface area contributed by atoms with E-state index in [9.17, 15) is 9.59 Å². The zero-order valence-electron chi connectivity index (χ0n) is 13.9. The van der Waals surface area contributed by atoms with Crippen molar-refractivity contribution in [3.63, 3.8) is 0 Å². The third-order valence-corrected chi connectivity index (χ3v) is 3.82. The summed E-state index contributed by atoms with van der Waals surface area (Å²) in [5, 5.41) is 5.51. The van der Waals surface area contributed by atoms with Crippen molar-refractivity contribution < 1.29 is 9.59 Å². The molecule has 0 radical (unpaired) electrons. The number of carbonyl (C=O) groups is 2. The third-order valence-electron chi connectivity index (χ3n) is 3.82. The topological polar surface area (TPSA) is 64.7 Å². The molecule has 2 rings (SSSR count). The van der Waals surface area contributed by atoms with E-state index in [0.717, 1.165) is 38.2 Å². The highest BCUT2D eigenvalue weighted by Crippen LogP contribution is 2.14. The van der Waals surface area contributed by atoms with Gasteiger partial charge in [0.15, 0.2) is 0 Å². The van der Waals surface area contributed by atoms with Gasteiger partial charge in [0, 0.05) is 51.0 Å². The van der Waals surface area contributed by atoms with Crippen LogP contribution in [0.5, 0.6) is 0 Å². The van der Waals surface area contributed by atoms with Crippen LogP contribution in [0.3, 0.4) is 0 Å². The summed E-state index contributed by atoms with van der Waals surface area (Å²) in [6, 6.07) is 0.129. The summed E-state index contributed by atoms with van der Waals surface area (Å²) in [6.07, 6.45) is 5.20. The second-order valence-corrected chi connectivity index (χ2v) is 5.15. The molecule has 0 aromatic rings. The number of carbonyl (C=O) groups excluding carboxylic acids is 2. The van der Waals surface area contributed by atoms with E-state index >= 15 is 0 Å². The number of rotatable bonds is 4. The largest absolute Gasteiger partial charge is 0.341 e. The van der Waals surface area contributed by atoms with Crippen LogP contribution < -0.4 is 10.6 Å². The molecule has 0 aromatic carbocycles. The van der Waals surface area contributed by atoms with E-state index in [1.165, 1.54) is 0 Å². The minimum absolute atomic E-state index is 0.0196. The lowest BCUT2D eigenvalue weighted by Crippen LogP contribution is -2.48. The molecule has 6 nitrogen and oxygen atoms in total. The average Bonchev–Trinajstić information content (AvgIpc) is 2.87. The molecule has 2 N–H and O–H groups in total. The third kappa shape index (κ3) is 5.18. The summed E-state index contributed by atoms with van der Waals surface area (Å²) in [7, 11) is 1.62. The second-order valence-electron chi connectivity index (χ2n) is 5.15. The molecular formula is C16H28N4O2. The van der Waals surface area contributed by atoms with E-state index < -0.39 is 0 Å². The summed E-state index contributed by atoms with van der Waals surface area (Å²) >= 11 is 0. The Bertz CT molecular complexity index is 408. The SMILES string of the molecule is C=C1C=CC(=O)N1CCN1CCC(NC(=O)NC)CC1.CC. The number of allylic oxidation sites excluding steroid dienone is 1. The minimum atomic E-state index is -0.117. The Hall–Kier alpha value is -1.82. The number of nitrogens with one attached hydrogen (secondary N) is 2. The highest BCUT2D eigenvalue weighted by Gasteiger charge is 2.23. The smallest absolute Gasteiger partial charge is 0.314 e. The number of amides is 3. The molecule has 0 spiro atoms. The number of likely N-dealkylation sites (tertiary alicyclic amines) is 1. The molecule has 0 aliphatic carbocycles. The van der Waals surface area contributed by atoms with Crippen LogP contribution in [0.25, 0.3) is 0 Å². The van der Waals surface area contributed by atoms with Crippen molar-refractivity contribution in [1.82, 2.24) is 20.4 Å². The molecule has 2 heterocycles. The molecule has 2 aliphatic rings. The first kappa shape index (κ1) is 18.2. The van der Waals surface area contributed by atoms with Gasteiger partial charge in [0.2, 0.25) is 0 Å². The molecule has 1 saturated heterocycles. The number of hydrogen-bond acceptors (Lipinski definition) is 3. The zero-order valence-corrected chi connectivity index (χ0v) is 13.9. The standard InChI is InChI=1S/C14H22N4O2.C2H6/c1-11-3-4-13(19)18(11)10-9-17-7-5-12(6-8-17)16-14(20)15-2;1-2/h3-4,12H,1,5-10H2,2H3,(H2,15,16,20);1-2H3. The average molecular weight is 308 g/mol. The molecule has 3 amide bonds. The Kier molecular flexibility index (Phi) is 7.66. The maximum absolute atomic E-state index is 11.6. The van der Waals surface area contributed by atoms with Gasteiger partial charge in [-0.15, -0.1) is 0 Å². The van der Waals surface area contributed by atoms with Crippen LogP contribution in [0, 0.1) is 0 Å². The molecule has 2 aliphatic heterocycles. The van der Waals surface area contributed by atoms with Gasteiger partial charge in [-0.1, -0.05) is 20.4 Å². The van der Waals surface area contributed by atoms with Crippen LogP contribution in [0.4, 0.5) is 4.79 Å². The van der Waals surface area contributed by atoms with Crippen molar-refractivity contribution >= 4 is 11.9 Å². The first-order valence-corrected chi connectivity index (χ1v) is 7.99. The molecule has 0 unspecified atom stereocenters. The van der Waals surface area contributed by atoms with Crippen LogP contribution in [0.15, 0.2) is 24.4 Å². The number of hydrogen-bond donors (Lipinski definition) is 2. The molecule has 22 heavy (non-hydrogen) atoms. The van der Waals surface area contributed by atoms with E-state index in [1.54, 1.807) is 24.1 Å². The van der Waals surface area contributed by atoms with E-state index in [-0.39, 0.29) is 18.0 Å². The second kappa shape index (κ2) is 9.25. The Morgan fingerprint density at radius 1 is 1.27 bits per heavy atom. The lowest BCUT2D eigenvalue weighted by molar-refractivity contribution is -0.123. The predicted molar refractivity (Wildman–Crippen MR) is 88.4 cm³/mol. The van der Waals surface area contributed by atoms with Crippen LogP contribution in [-0.2, 0) is 4.79 Å². The lowest BCUT2D eigenvalue weighted by atomic mass is 10.1. The van der Waals surface area contributed by atoms with E-state index in [0.29, 0.717) is 6.54 Å². The number of nitrogens with zero attached hydrogens (tertiary/aromatic N) is 2. The highest BCUT2D eigenvalue weighted by atomic mass is 16.2. The normalized spacial score (nSPS) is 19.0.